The number of anilines is 1. The topological polar surface area (TPSA) is 46.6 Å². The summed E-state index contributed by atoms with van der Waals surface area (Å²) in [5.41, 5.74) is -0.0609. The summed E-state index contributed by atoms with van der Waals surface area (Å²) in [5.74, 6) is -3.79. The Balaban J connectivity index is 1.96. The summed E-state index contributed by atoms with van der Waals surface area (Å²) in [6.45, 7) is 0. The van der Waals surface area contributed by atoms with Gasteiger partial charge in [-0.05, 0) is 31.0 Å². The average molecular weight is 335 g/mol. The van der Waals surface area contributed by atoms with E-state index in [1.807, 2.05) is 0 Å². The lowest BCUT2D eigenvalue weighted by atomic mass is 10.0. The molecule has 1 fully saturated rings. The summed E-state index contributed by atoms with van der Waals surface area (Å²) in [6, 6.07) is 2.69. The van der Waals surface area contributed by atoms with Crippen LogP contribution in [0.4, 0.5) is 27.6 Å². The number of benzene rings is 1. The number of Topliss-reactive ketones (excluding diaryl/α,β-unsaturated/α-hetero) is 1. The number of alkyl halides is 5. The van der Waals surface area contributed by atoms with Crippen LogP contribution >= 0.6 is 0 Å². The maximum absolute atomic E-state index is 13.2. The summed E-state index contributed by atoms with van der Waals surface area (Å²) in [7, 11) is 0. The second-order valence-corrected chi connectivity index (χ2v) is 5.41. The Kier molecular flexibility index (Phi) is 3.35. The van der Waals surface area contributed by atoms with Crippen molar-refractivity contribution in [1.82, 2.24) is 0 Å². The lowest BCUT2D eigenvalue weighted by molar-refractivity contribution is -0.193. The molecule has 9 heteroatoms. The Hall–Kier alpha value is -2.19. The van der Waals surface area contributed by atoms with Gasteiger partial charge >= 0.3 is 18.2 Å². The lowest BCUT2D eigenvalue weighted by Gasteiger charge is -2.27. The first-order valence-electron chi connectivity index (χ1n) is 6.73. The highest BCUT2D eigenvalue weighted by Gasteiger charge is 2.49. The molecule has 124 valence electrons. The minimum absolute atomic E-state index is 0.0269. The molecule has 3 rings (SSSR count). The van der Waals surface area contributed by atoms with Crippen LogP contribution in [0.15, 0.2) is 18.2 Å². The Morgan fingerprint density at radius 1 is 1.26 bits per heavy atom. The fraction of sp³-hybridized carbons (Fsp3) is 0.429. The lowest BCUT2D eigenvalue weighted by Crippen LogP contribution is -2.43. The van der Waals surface area contributed by atoms with Crippen molar-refractivity contribution >= 4 is 17.4 Å². The number of ketones is 1. The van der Waals surface area contributed by atoms with Crippen LogP contribution in [0.1, 0.15) is 18.4 Å². The van der Waals surface area contributed by atoms with E-state index >= 15 is 0 Å². The fourth-order valence-corrected chi connectivity index (χ4v) is 2.39. The van der Waals surface area contributed by atoms with Crippen molar-refractivity contribution in [1.29, 1.82) is 0 Å². The first-order valence-corrected chi connectivity index (χ1v) is 6.73. The van der Waals surface area contributed by atoms with E-state index in [1.165, 1.54) is 0 Å². The van der Waals surface area contributed by atoms with Crippen molar-refractivity contribution < 1.29 is 36.3 Å². The molecule has 0 radical (unpaired) electrons. The molecule has 1 saturated carbocycles. The van der Waals surface area contributed by atoms with E-state index in [2.05, 4.69) is 4.74 Å². The minimum Gasteiger partial charge on any atom is -0.426 e. The molecule has 0 N–H and O–H groups in total. The number of hydrogen-bond acceptors (Lipinski definition) is 3. The molecule has 23 heavy (non-hydrogen) atoms. The summed E-state index contributed by atoms with van der Waals surface area (Å²) < 4.78 is 68.7. The van der Waals surface area contributed by atoms with Crippen molar-refractivity contribution in [2.75, 3.05) is 4.90 Å². The zero-order valence-corrected chi connectivity index (χ0v) is 11.5. The fourth-order valence-electron chi connectivity index (χ4n) is 2.39. The van der Waals surface area contributed by atoms with Gasteiger partial charge in [0.1, 0.15) is 5.75 Å². The third-order valence-corrected chi connectivity index (χ3v) is 3.61. The molecule has 1 heterocycles. The van der Waals surface area contributed by atoms with Gasteiger partial charge in [0.2, 0.25) is 5.78 Å². The van der Waals surface area contributed by atoms with Crippen LogP contribution in [0.3, 0.4) is 0 Å². The van der Waals surface area contributed by atoms with E-state index in [1.54, 1.807) is 0 Å². The molecule has 0 unspecified atom stereocenters. The predicted molar refractivity (Wildman–Crippen MR) is 67.3 cm³/mol. The van der Waals surface area contributed by atoms with Crippen molar-refractivity contribution in [3.8, 4) is 5.75 Å². The van der Waals surface area contributed by atoms with Crippen LogP contribution < -0.4 is 9.64 Å². The molecule has 4 nitrogen and oxygen atoms in total. The molecule has 0 spiro atoms. The van der Waals surface area contributed by atoms with Crippen LogP contribution in [0.5, 0.6) is 5.75 Å². The van der Waals surface area contributed by atoms with Gasteiger partial charge in [-0.15, -0.1) is 0 Å². The van der Waals surface area contributed by atoms with Gasteiger partial charge < -0.3 is 9.64 Å². The highest BCUT2D eigenvalue weighted by atomic mass is 19.4. The zero-order chi connectivity index (χ0) is 17.0. The number of nitrogens with zero attached hydrogens (tertiary/aromatic N) is 1. The van der Waals surface area contributed by atoms with E-state index < -0.39 is 36.4 Å². The molecule has 1 aliphatic heterocycles. The first kappa shape index (κ1) is 15.7. The molecule has 1 aromatic carbocycles. The van der Waals surface area contributed by atoms with E-state index in [0.29, 0.717) is 17.7 Å². The maximum atomic E-state index is 13.2. The number of halogens is 5. The number of ether oxygens (including phenoxy) is 1. The second-order valence-electron chi connectivity index (χ2n) is 5.41. The van der Waals surface area contributed by atoms with Crippen LogP contribution in [0.2, 0.25) is 0 Å². The van der Waals surface area contributed by atoms with Gasteiger partial charge in [0.25, 0.3) is 0 Å². The second kappa shape index (κ2) is 4.90. The van der Waals surface area contributed by atoms with Crippen molar-refractivity contribution in [3.63, 3.8) is 0 Å². The quantitative estimate of drug-likeness (QED) is 0.781. The van der Waals surface area contributed by atoms with Crippen LogP contribution in [-0.4, -0.2) is 30.0 Å². The standard InChI is InChI=1S/C14H10F5NO3/c15-13(16,17)12(22)20(8-1-2-8)9-3-4-10-7(5-9)6-11(21)14(18,19)23-10/h3-5,8H,1-2,6H2. The molecule has 0 atom stereocenters. The number of amides is 1. The third-order valence-electron chi connectivity index (χ3n) is 3.61. The van der Waals surface area contributed by atoms with Gasteiger partial charge in [-0.1, -0.05) is 0 Å². The average Bonchev–Trinajstić information content (AvgIpc) is 3.24. The normalized spacial score (nSPS) is 19.8. The zero-order valence-electron chi connectivity index (χ0n) is 11.5. The number of rotatable bonds is 2. The van der Waals surface area contributed by atoms with Gasteiger partial charge in [0, 0.05) is 23.7 Å². The minimum atomic E-state index is -5.04. The molecular weight excluding hydrogens is 325 g/mol. The van der Waals surface area contributed by atoms with Gasteiger partial charge in [0.15, 0.2) is 0 Å². The third kappa shape index (κ3) is 2.87. The van der Waals surface area contributed by atoms with Crippen molar-refractivity contribution in [3.05, 3.63) is 23.8 Å². The van der Waals surface area contributed by atoms with Crippen LogP contribution in [0, 0.1) is 0 Å². The summed E-state index contributed by atoms with van der Waals surface area (Å²) in [4.78, 5) is 23.4. The number of fused-ring (bicyclic) bond motifs is 1. The molecule has 1 aliphatic carbocycles. The number of carbonyl (C=O) groups excluding carboxylic acids is 2. The molecule has 2 aliphatic rings. The van der Waals surface area contributed by atoms with E-state index in [0.717, 1.165) is 18.2 Å². The number of carbonyl (C=O) groups is 2. The predicted octanol–water partition coefficient (Wildman–Crippen LogP) is 2.84. The van der Waals surface area contributed by atoms with Crippen LogP contribution in [-0.2, 0) is 16.0 Å². The van der Waals surface area contributed by atoms with Crippen molar-refractivity contribution in [2.24, 2.45) is 0 Å². The summed E-state index contributed by atoms with van der Waals surface area (Å²) in [5, 5.41) is 0. The summed E-state index contributed by atoms with van der Waals surface area (Å²) >= 11 is 0. The Labute approximate surface area is 126 Å². The van der Waals surface area contributed by atoms with Gasteiger partial charge in [-0.25, -0.2) is 0 Å². The Bertz CT molecular complexity index is 681. The highest BCUT2D eigenvalue weighted by molar-refractivity contribution is 5.99. The monoisotopic (exact) mass is 335 g/mol. The van der Waals surface area contributed by atoms with Crippen LogP contribution in [0.25, 0.3) is 0 Å². The first-order chi connectivity index (χ1) is 10.6. The highest BCUT2D eigenvalue weighted by Crippen LogP contribution is 2.39. The molecule has 0 aromatic heterocycles. The maximum Gasteiger partial charge on any atom is 0.471 e. The molecule has 0 saturated heterocycles. The van der Waals surface area contributed by atoms with Crippen molar-refractivity contribution in [2.45, 2.75) is 37.6 Å². The number of hydrogen-bond donors (Lipinski definition) is 0. The smallest absolute Gasteiger partial charge is 0.426 e. The molecule has 0 bridgehead atoms. The summed E-state index contributed by atoms with van der Waals surface area (Å²) in [6.07, 6.45) is -8.82. The van der Waals surface area contributed by atoms with E-state index in [4.69, 9.17) is 0 Å². The molecule has 1 amide bonds. The van der Waals surface area contributed by atoms with Gasteiger partial charge in [-0.2, -0.15) is 22.0 Å². The van der Waals surface area contributed by atoms with E-state index in [9.17, 15) is 31.5 Å². The van der Waals surface area contributed by atoms with E-state index in [-0.39, 0.29) is 17.0 Å². The Morgan fingerprint density at radius 2 is 1.91 bits per heavy atom. The van der Waals surface area contributed by atoms with Gasteiger partial charge in [-0.3, -0.25) is 9.59 Å². The largest absolute Gasteiger partial charge is 0.471 e. The van der Waals surface area contributed by atoms with Gasteiger partial charge in [0.05, 0.1) is 0 Å². The molecular formula is C14H10F5NO3. The Morgan fingerprint density at radius 3 is 2.48 bits per heavy atom. The SMILES string of the molecule is O=C(N(c1ccc2c(c1)CC(=O)C(F)(F)O2)C1CC1)C(F)(F)F. The molecule has 1 aromatic rings.